The Morgan fingerprint density at radius 1 is 1.17 bits per heavy atom. The van der Waals surface area contributed by atoms with E-state index in [1.54, 1.807) is 29.7 Å². The predicted octanol–water partition coefficient (Wildman–Crippen LogP) is 4.04. The summed E-state index contributed by atoms with van der Waals surface area (Å²) in [6, 6.07) is 4.00. The van der Waals surface area contributed by atoms with E-state index in [2.05, 4.69) is 40.5 Å². The number of aryl methyl sites for hydroxylation is 2. The van der Waals surface area contributed by atoms with Crippen LogP contribution in [0, 0.1) is 13.8 Å². The Morgan fingerprint density at radius 3 is 2.39 bits per heavy atom. The van der Waals surface area contributed by atoms with Crippen LogP contribution in [0.5, 0.6) is 0 Å². The first-order valence-electron chi connectivity index (χ1n) is 7.20. The number of hydrogen-bond acceptors (Lipinski definition) is 4. The van der Waals surface area contributed by atoms with Gasteiger partial charge in [0.25, 0.3) is 0 Å². The van der Waals surface area contributed by atoms with Crippen LogP contribution in [-0.2, 0) is 12.8 Å². The molecular weight excluding hydrogens is 463 g/mol. The molecule has 128 valence electrons. The third kappa shape index (κ3) is 6.94. The van der Waals surface area contributed by atoms with E-state index < -0.39 is 0 Å². The van der Waals surface area contributed by atoms with Gasteiger partial charge in [-0.25, -0.2) is 4.98 Å². The molecule has 0 saturated carbocycles. The average molecular weight is 485 g/mol. The summed E-state index contributed by atoms with van der Waals surface area (Å²) < 4.78 is 0.839. The van der Waals surface area contributed by atoms with E-state index in [-0.39, 0.29) is 24.0 Å². The Morgan fingerprint density at radius 2 is 1.87 bits per heavy atom. The Hall–Kier alpha value is -0.380. The normalized spacial score (nSPS) is 11.2. The molecule has 0 aliphatic rings. The molecule has 0 bridgehead atoms. The second-order valence-electron chi connectivity index (χ2n) is 4.88. The van der Waals surface area contributed by atoms with Gasteiger partial charge in [-0.2, -0.15) is 0 Å². The van der Waals surface area contributed by atoms with E-state index in [0.717, 1.165) is 41.9 Å². The van der Waals surface area contributed by atoms with Gasteiger partial charge in [0, 0.05) is 36.3 Å². The van der Waals surface area contributed by atoms with E-state index in [1.807, 2.05) is 6.07 Å². The summed E-state index contributed by atoms with van der Waals surface area (Å²) in [5.41, 5.74) is 1.14. The van der Waals surface area contributed by atoms with Gasteiger partial charge >= 0.3 is 0 Å². The molecular formula is C15H22ClIN4S2. The van der Waals surface area contributed by atoms with Gasteiger partial charge in [-0.3, -0.25) is 4.99 Å². The van der Waals surface area contributed by atoms with E-state index in [1.165, 1.54) is 14.8 Å². The zero-order valence-electron chi connectivity index (χ0n) is 13.5. The standard InChI is InChI=1S/C15H21ClN4S2.HI/c1-10-11(2)21-14(20-10)7-9-19-15(17-3)18-8-6-12-4-5-13(16)22-12;/h4-5H,6-9H2,1-3H3,(H2,17,18,19);1H. The fourth-order valence-electron chi connectivity index (χ4n) is 1.94. The number of aliphatic imine (C=N–C) groups is 1. The topological polar surface area (TPSA) is 49.3 Å². The summed E-state index contributed by atoms with van der Waals surface area (Å²) in [6.45, 7) is 5.84. The van der Waals surface area contributed by atoms with Crippen molar-refractivity contribution >= 4 is 64.2 Å². The molecule has 0 atom stereocenters. The number of rotatable bonds is 6. The molecule has 2 N–H and O–H groups in total. The summed E-state index contributed by atoms with van der Waals surface area (Å²) in [7, 11) is 1.79. The van der Waals surface area contributed by atoms with Crippen LogP contribution in [0.2, 0.25) is 4.34 Å². The van der Waals surface area contributed by atoms with Crippen molar-refractivity contribution in [1.82, 2.24) is 15.6 Å². The molecule has 23 heavy (non-hydrogen) atoms. The van der Waals surface area contributed by atoms with Crippen LogP contribution >= 0.6 is 58.3 Å². The van der Waals surface area contributed by atoms with Crippen LogP contribution in [0.25, 0.3) is 0 Å². The predicted molar refractivity (Wildman–Crippen MR) is 113 cm³/mol. The maximum Gasteiger partial charge on any atom is 0.191 e. The van der Waals surface area contributed by atoms with Crippen molar-refractivity contribution in [2.75, 3.05) is 20.1 Å². The van der Waals surface area contributed by atoms with Gasteiger partial charge in [0.15, 0.2) is 5.96 Å². The van der Waals surface area contributed by atoms with Gasteiger partial charge in [-0.15, -0.1) is 46.7 Å². The summed E-state index contributed by atoms with van der Waals surface area (Å²) in [5, 5.41) is 7.81. The van der Waals surface area contributed by atoms with E-state index in [9.17, 15) is 0 Å². The van der Waals surface area contributed by atoms with Gasteiger partial charge in [0.1, 0.15) is 0 Å². The lowest BCUT2D eigenvalue weighted by Gasteiger charge is -2.10. The van der Waals surface area contributed by atoms with Crippen molar-refractivity contribution in [1.29, 1.82) is 0 Å². The fourth-order valence-corrected chi connectivity index (χ4v) is 3.97. The Balaban J connectivity index is 0.00000264. The number of nitrogens with zero attached hydrogens (tertiary/aromatic N) is 2. The Kier molecular flexibility index (Phi) is 9.41. The Bertz CT molecular complexity index is 620. The molecule has 2 heterocycles. The molecule has 0 amide bonds. The minimum Gasteiger partial charge on any atom is -0.356 e. The summed E-state index contributed by atoms with van der Waals surface area (Å²) in [6.07, 6.45) is 1.86. The van der Waals surface area contributed by atoms with E-state index >= 15 is 0 Å². The highest BCUT2D eigenvalue weighted by atomic mass is 127. The smallest absolute Gasteiger partial charge is 0.191 e. The highest BCUT2D eigenvalue weighted by Gasteiger charge is 2.04. The molecule has 0 unspecified atom stereocenters. The molecule has 0 fully saturated rings. The zero-order chi connectivity index (χ0) is 15.9. The van der Waals surface area contributed by atoms with Crippen molar-refractivity contribution in [3.05, 3.63) is 36.9 Å². The third-order valence-electron chi connectivity index (χ3n) is 3.22. The quantitative estimate of drug-likeness (QED) is 0.370. The SMILES string of the molecule is CN=C(NCCc1ccc(Cl)s1)NCCc1nc(C)c(C)s1.I. The maximum atomic E-state index is 5.93. The minimum absolute atomic E-state index is 0. The van der Waals surface area contributed by atoms with Crippen LogP contribution < -0.4 is 10.6 Å². The first-order valence-corrected chi connectivity index (χ1v) is 9.21. The molecule has 0 aromatic carbocycles. The van der Waals surface area contributed by atoms with E-state index in [0.29, 0.717) is 0 Å². The largest absolute Gasteiger partial charge is 0.356 e. The van der Waals surface area contributed by atoms with Crippen molar-refractivity contribution in [3.63, 3.8) is 0 Å². The molecule has 0 saturated heterocycles. The van der Waals surface area contributed by atoms with Crippen LogP contribution in [0.1, 0.15) is 20.5 Å². The number of nitrogens with one attached hydrogen (secondary N) is 2. The van der Waals surface area contributed by atoms with Gasteiger partial charge in [0.05, 0.1) is 15.0 Å². The van der Waals surface area contributed by atoms with Gasteiger partial charge in [0.2, 0.25) is 0 Å². The lowest BCUT2D eigenvalue weighted by atomic mass is 10.3. The second kappa shape index (κ2) is 10.5. The first-order chi connectivity index (χ1) is 10.6. The highest BCUT2D eigenvalue weighted by Crippen LogP contribution is 2.21. The lowest BCUT2D eigenvalue weighted by molar-refractivity contribution is 0.784. The zero-order valence-corrected chi connectivity index (χ0v) is 18.2. The Labute approximate surface area is 167 Å². The van der Waals surface area contributed by atoms with Crippen molar-refractivity contribution < 1.29 is 0 Å². The monoisotopic (exact) mass is 484 g/mol. The molecule has 2 aromatic heterocycles. The number of guanidine groups is 1. The van der Waals surface area contributed by atoms with E-state index in [4.69, 9.17) is 11.6 Å². The van der Waals surface area contributed by atoms with Crippen molar-refractivity contribution in [2.45, 2.75) is 26.7 Å². The molecule has 0 aliphatic carbocycles. The average Bonchev–Trinajstić information content (AvgIpc) is 3.03. The fraction of sp³-hybridized carbons (Fsp3) is 0.467. The van der Waals surface area contributed by atoms with Crippen molar-refractivity contribution in [3.8, 4) is 0 Å². The highest BCUT2D eigenvalue weighted by molar-refractivity contribution is 14.0. The van der Waals surface area contributed by atoms with Crippen LogP contribution in [0.4, 0.5) is 0 Å². The molecule has 2 rings (SSSR count). The first kappa shape index (κ1) is 20.7. The second-order valence-corrected chi connectivity index (χ2v) is 7.97. The number of halogens is 2. The molecule has 0 aliphatic heterocycles. The number of thiophene rings is 1. The van der Waals surface area contributed by atoms with Gasteiger partial charge < -0.3 is 10.6 Å². The summed E-state index contributed by atoms with van der Waals surface area (Å²) >= 11 is 9.32. The number of hydrogen-bond donors (Lipinski definition) is 2. The number of thiazole rings is 1. The summed E-state index contributed by atoms with van der Waals surface area (Å²) in [5.74, 6) is 0.827. The molecule has 0 radical (unpaired) electrons. The molecule has 8 heteroatoms. The molecule has 4 nitrogen and oxygen atoms in total. The molecule has 0 spiro atoms. The maximum absolute atomic E-state index is 5.93. The van der Waals surface area contributed by atoms with Gasteiger partial charge in [-0.1, -0.05) is 11.6 Å². The molecule has 2 aromatic rings. The van der Waals surface area contributed by atoms with Crippen LogP contribution in [0.3, 0.4) is 0 Å². The summed E-state index contributed by atoms with van der Waals surface area (Å²) in [4.78, 5) is 11.4. The third-order valence-corrected chi connectivity index (χ3v) is 5.64. The van der Waals surface area contributed by atoms with Crippen LogP contribution in [-0.4, -0.2) is 31.1 Å². The van der Waals surface area contributed by atoms with Gasteiger partial charge in [-0.05, 0) is 32.4 Å². The number of aromatic nitrogens is 1. The van der Waals surface area contributed by atoms with Crippen LogP contribution in [0.15, 0.2) is 17.1 Å². The van der Waals surface area contributed by atoms with Crippen molar-refractivity contribution in [2.24, 2.45) is 4.99 Å². The minimum atomic E-state index is 0. The lowest BCUT2D eigenvalue weighted by Crippen LogP contribution is -2.39.